The molecule has 2 atom stereocenters. The molecule has 1 aliphatic rings. The summed E-state index contributed by atoms with van der Waals surface area (Å²) < 4.78 is 5.66. The lowest BCUT2D eigenvalue weighted by Gasteiger charge is -2.25. The van der Waals surface area contributed by atoms with Crippen LogP contribution in [-0.4, -0.2) is 28.1 Å². The molecule has 0 bridgehead atoms. The molecular formula is C21H22N2O3. The van der Waals surface area contributed by atoms with Crippen LogP contribution in [0.25, 0.3) is 10.9 Å². The van der Waals surface area contributed by atoms with Crippen LogP contribution in [0.4, 0.5) is 0 Å². The smallest absolute Gasteiger partial charge is 0.261 e. The molecule has 1 amide bonds. The quantitative estimate of drug-likeness (QED) is 0.676. The fourth-order valence-corrected chi connectivity index (χ4v) is 3.61. The number of aromatic nitrogens is 1. The Bertz CT molecular complexity index is 930. The van der Waals surface area contributed by atoms with E-state index in [1.165, 1.54) is 16.6 Å². The van der Waals surface area contributed by atoms with Crippen LogP contribution in [0.3, 0.4) is 0 Å². The third-order valence-electron chi connectivity index (χ3n) is 4.96. The molecule has 5 nitrogen and oxygen atoms in total. The molecule has 0 fully saturated rings. The van der Waals surface area contributed by atoms with Gasteiger partial charge in [0.2, 0.25) is 0 Å². The van der Waals surface area contributed by atoms with Gasteiger partial charge in [0.15, 0.2) is 6.10 Å². The van der Waals surface area contributed by atoms with Crippen LogP contribution >= 0.6 is 0 Å². The molecule has 3 aromatic rings. The summed E-state index contributed by atoms with van der Waals surface area (Å²) in [4.78, 5) is 16.0. The van der Waals surface area contributed by atoms with Gasteiger partial charge in [0.1, 0.15) is 11.5 Å². The number of aromatic hydroxyl groups is 1. The van der Waals surface area contributed by atoms with Crippen LogP contribution in [0.15, 0.2) is 48.5 Å². The number of fused-ring (bicyclic) bond motifs is 3. The van der Waals surface area contributed by atoms with E-state index in [0.717, 1.165) is 24.8 Å². The Morgan fingerprint density at radius 2 is 2.00 bits per heavy atom. The van der Waals surface area contributed by atoms with Crippen molar-refractivity contribution < 1.29 is 14.6 Å². The maximum Gasteiger partial charge on any atom is 0.261 e. The first-order valence-electron chi connectivity index (χ1n) is 8.94. The molecule has 0 radical (unpaired) electrons. The van der Waals surface area contributed by atoms with E-state index in [1.54, 1.807) is 31.2 Å². The molecule has 5 heteroatoms. The number of carbonyl (C=O) groups is 1. The summed E-state index contributed by atoms with van der Waals surface area (Å²) in [6.45, 7) is 1.74. The fourth-order valence-electron chi connectivity index (χ4n) is 3.61. The van der Waals surface area contributed by atoms with Crippen LogP contribution in [0, 0.1) is 0 Å². The molecule has 0 aliphatic heterocycles. The zero-order valence-corrected chi connectivity index (χ0v) is 14.7. The maximum absolute atomic E-state index is 12.5. The molecule has 0 saturated carbocycles. The van der Waals surface area contributed by atoms with Crippen LogP contribution in [0.1, 0.15) is 24.6 Å². The Morgan fingerprint density at radius 3 is 2.81 bits per heavy atom. The molecular weight excluding hydrogens is 328 g/mol. The number of amides is 1. The summed E-state index contributed by atoms with van der Waals surface area (Å²) in [6, 6.07) is 14.8. The molecule has 1 heterocycles. The summed E-state index contributed by atoms with van der Waals surface area (Å²) in [5.74, 6) is 0.612. The molecule has 2 unspecified atom stereocenters. The zero-order valence-electron chi connectivity index (χ0n) is 14.7. The average Bonchev–Trinajstić information content (AvgIpc) is 3.01. The monoisotopic (exact) mass is 350 g/mol. The Morgan fingerprint density at radius 1 is 1.23 bits per heavy atom. The molecule has 2 aromatic carbocycles. The van der Waals surface area contributed by atoms with Crippen molar-refractivity contribution in [2.75, 3.05) is 0 Å². The van der Waals surface area contributed by atoms with Crippen molar-refractivity contribution in [3.63, 3.8) is 0 Å². The van der Waals surface area contributed by atoms with Gasteiger partial charge in [0.05, 0.1) is 0 Å². The van der Waals surface area contributed by atoms with E-state index in [9.17, 15) is 9.90 Å². The Balaban J connectivity index is 1.39. The number of H-pyrrole nitrogens is 1. The first-order chi connectivity index (χ1) is 12.6. The van der Waals surface area contributed by atoms with Gasteiger partial charge in [-0.25, -0.2) is 0 Å². The van der Waals surface area contributed by atoms with Crippen molar-refractivity contribution in [2.45, 2.75) is 38.3 Å². The SMILES string of the molecule is CC(Oc1ccc(O)cc1)C(=O)NC1CCc2c([nH]c3ccccc23)C1. The van der Waals surface area contributed by atoms with E-state index in [2.05, 4.69) is 28.5 Å². The molecule has 3 N–H and O–H groups in total. The van der Waals surface area contributed by atoms with Crippen LogP contribution in [-0.2, 0) is 17.6 Å². The predicted octanol–water partition coefficient (Wildman–Crippen LogP) is 3.31. The number of aromatic amines is 1. The largest absolute Gasteiger partial charge is 0.508 e. The van der Waals surface area contributed by atoms with Crippen LogP contribution in [0.2, 0.25) is 0 Å². The third-order valence-corrected chi connectivity index (χ3v) is 4.96. The minimum Gasteiger partial charge on any atom is -0.508 e. The highest BCUT2D eigenvalue weighted by atomic mass is 16.5. The van der Waals surface area contributed by atoms with Gasteiger partial charge in [-0.1, -0.05) is 18.2 Å². The topological polar surface area (TPSA) is 74.3 Å². The van der Waals surface area contributed by atoms with E-state index in [-0.39, 0.29) is 17.7 Å². The Hall–Kier alpha value is -2.95. The van der Waals surface area contributed by atoms with Crippen LogP contribution in [0.5, 0.6) is 11.5 Å². The highest BCUT2D eigenvalue weighted by Gasteiger charge is 2.25. The number of phenols is 1. The van der Waals surface area contributed by atoms with Crippen molar-refractivity contribution in [1.29, 1.82) is 0 Å². The molecule has 0 spiro atoms. The van der Waals surface area contributed by atoms with Gasteiger partial charge in [-0.05, 0) is 55.7 Å². The first-order valence-corrected chi connectivity index (χ1v) is 8.94. The fraction of sp³-hybridized carbons (Fsp3) is 0.286. The molecule has 134 valence electrons. The summed E-state index contributed by atoms with van der Waals surface area (Å²) in [6.07, 6.45) is 2.09. The second-order valence-corrected chi connectivity index (χ2v) is 6.83. The van der Waals surface area contributed by atoms with E-state index in [4.69, 9.17) is 4.74 Å². The highest BCUT2D eigenvalue weighted by Crippen LogP contribution is 2.29. The molecule has 1 aromatic heterocycles. The van der Waals surface area contributed by atoms with Crippen molar-refractivity contribution in [3.05, 3.63) is 59.8 Å². The van der Waals surface area contributed by atoms with Gasteiger partial charge in [0.25, 0.3) is 5.91 Å². The minimum atomic E-state index is -0.594. The zero-order chi connectivity index (χ0) is 18.1. The predicted molar refractivity (Wildman–Crippen MR) is 100 cm³/mol. The molecule has 4 rings (SSSR count). The first kappa shape index (κ1) is 16.5. The second-order valence-electron chi connectivity index (χ2n) is 6.83. The number of hydrogen-bond donors (Lipinski definition) is 3. The molecule has 26 heavy (non-hydrogen) atoms. The summed E-state index contributed by atoms with van der Waals surface area (Å²) in [5, 5.41) is 13.7. The van der Waals surface area contributed by atoms with Crippen molar-refractivity contribution in [3.8, 4) is 11.5 Å². The van der Waals surface area contributed by atoms with Gasteiger partial charge in [-0.2, -0.15) is 0 Å². The number of hydrogen-bond acceptors (Lipinski definition) is 3. The highest BCUT2D eigenvalue weighted by molar-refractivity contribution is 5.85. The Labute approximate surface area is 152 Å². The number of ether oxygens (including phenoxy) is 1. The number of carbonyl (C=O) groups excluding carboxylic acids is 1. The normalized spacial score (nSPS) is 17.5. The van der Waals surface area contributed by atoms with E-state index < -0.39 is 6.10 Å². The van der Waals surface area contributed by atoms with Crippen molar-refractivity contribution >= 4 is 16.8 Å². The summed E-state index contributed by atoms with van der Waals surface area (Å²) in [7, 11) is 0. The van der Waals surface area contributed by atoms with E-state index in [0.29, 0.717) is 5.75 Å². The van der Waals surface area contributed by atoms with Crippen LogP contribution < -0.4 is 10.1 Å². The maximum atomic E-state index is 12.5. The molecule has 1 aliphatic carbocycles. The van der Waals surface area contributed by atoms with Crippen molar-refractivity contribution in [1.82, 2.24) is 10.3 Å². The lowest BCUT2D eigenvalue weighted by molar-refractivity contribution is -0.128. The van der Waals surface area contributed by atoms with Gasteiger partial charge >= 0.3 is 0 Å². The van der Waals surface area contributed by atoms with Gasteiger partial charge in [-0.3, -0.25) is 4.79 Å². The Kier molecular flexibility index (Phi) is 4.29. The van der Waals surface area contributed by atoms with Crippen molar-refractivity contribution in [2.24, 2.45) is 0 Å². The number of benzene rings is 2. The minimum absolute atomic E-state index is 0.105. The number of aryl methyl sites for hydroxylation is 1. The second kappa shape index (κ2) is 6.75. The summed E-state index contributed by atoms with van der Waals surface area (Å²) >= 11 is 0. The van der Waals surface area contributed by atoms with E-state index in [1.807, 2.05) is 6.07 Å². The number of nitrogens with one attached hydrogen (secondary N) is 2. The summed E-state index contributed by atoms with van der Waals surface area (Å²) in [5.41, 5.74) is 3.75. The standard InChI is InChI=1S/C21H22N2O3/c1-13(26-16-9-7-15(24)8-10-16)21(25)22-14-6-11-18-17-4-2-3-5-19(17)23-20(18)12-14/h2-5,7-10,13-14,23-24H,6,11-12H2,1H3,(H,22,25). The van der Waals surface area contributed by atoms with E-state index >= 15 is 0 Å². The number of phenolic OH excluding ortho intramolecular Hbond substituents is 1. The lowest BCUT2D eigenvalue weighted by atomic mass is 9.91. The number of para-hydroxylation sites is 1. The van der Waals surface area contributed by atoms with Gasteiger partial charge in [-0.15, -0.1) is 0 Å². The molecule has 0 saturated heterocycles. The third kappa shape index (κ3) is 3.25. The average molecular weight is 350 g/mol. The lowest BCUT2D eigenvalue weighted by Crippen LogP contribution is -2.44. The van der Waals surface area contributed by atoms with Gasteiger partial charge in [0, 0.05) is 29.1 Å². The van der Waals surface area contributed by atoms with Gasteiger partial charge < -0.3 is 20.1 Å². The number of rotatable bonds is 4.